The van der Waals surface area contributed by atoms with Crippen LogP contribution in [0.2, 0.25) is 0 Å². The van der Waals surface area contributed by atoms with Crippen molar-refractivity contribution in [2.24, 2.45) is 5.73 Å². The molecule has 1 unspecified atom stereocenters. The molecule has 6 heteroatoms. The van der Waals surface area contributed by atoms with Crippen LogP contribution in [0.15, 0.2) is 66.9 Å². The molecule has 0 spiro atoms. The number of rotatable bonds is 3. The monoisotopic (exact) mass is 362 g/mol. The van der Waals surface area contributed by atoms with Crippen LogP contribution in [0.4, 0.5) is 0 Å². The Labute approximate surface area is 155 Å². The van der Waals surface area contributed by atoms with Gasteiger partial charge >= 0.3 is 5.97 Å². The quantitative estimate of drug-likeness (QED) is 0.663. The van der Waals surface area contributed by atoms with Gasteiger partial charge in [-0.2, -0.15) is 0 Å². The Morgan fingerprint density at radius 2 is 1.52 bits per heavy atom. The van der Waals surface area contributed by atoms with Crippen LogP contribution in [0.5, 0.6) is 0 Å². The number of carboxylic acid groups (broad SMARTS) is 1. The van der Waals surface area contributed by atoms with Gasteiger partial charge in [0.2, 0.25) is 0 Å². The molecular weight excluding hydrogens is 344 g/mol. The first-order valence-corrected chi connectivity index (χ1v) is 8.36. The average molecular weight is 362 g/mol. The van der Waals surface area contributed by atoms with E-state index in [1.54, 1.807) is 24.3 Å². The number of allylic oxidation sites excluding steroid dienone is 2. The summed E-state index contributed by atoms with van der Waals surface area (Å²) in [6.45, 7) is 0. The van der Waals surface area contributed by atoms with Crippen LogP contribution in [0.3, 0.4) is 0 Å². The van der Waals surface area contributed by atoms with E-state index in [1.165, 1.54) is 12.2 Å². The molecule has 0 saturated heterocycles. The minimum Gasteiger partial charge on any atom is -0.480 e. The Morgan fingerprint density at radius 3 is 2.11 bits per heavy atom. The number of carbonyl (C=O) groups excluding carboxylic acids is 2. The van der Waals surface area contributed by atoms with E-state index in [2.05, 4.69) is 4.98 Å². The number of fused-ring (bicyclic) bond motifs is 2. The molecule has 0 amide bonds. The highest BCUT2D eigenvalue weighted by Crippen LogP contribution is 2.18. The lowest BCUT2D eigenvalue weighted by Gasteiger charge is -2.06. The molecule has 3 aromatic rings. The van der Waals surface area contributed by atoms with E-state index in [9.17, 15) is 14.4 Å². The van der Waals surface area contributed by atoms with E-state index in [-0.39, 0.29) is 11.6 Å². The maximum atomic E-state index is 11.2. The number of hydrogen-bond acceptors (Lipinski definition) is 4. The fourth-order valence-electron chi connectivity index (χ4n) is 2.87. The van der Waals surface area contributed by atoms with E-state index >= 15 is 0 Å². The zero-order valence-electron chi connectivity index (χ0n) is 14.4. The van der Waals surface area contributed by atoms with E-state index in [1.807, 2.05) is 30.5 Å². The maximum absolute atomic E-state index is 11.2. The summed E-state index contributed by atoms with van der Waals surface area (Å²) < 4.78 is 0. The van der Waals surface area contributed by atoms with Crippen molar-refractivity contribution in [1.29, 1.82) is 0 Å². The molecule has 27 heavy (non-hydrogen) atoms. The van der Waals surface area contributed by atoms with Crippen LogP contribution < -0.4 is 5.73 Å². The summed E-state index contributed by atoms with van der Waals surface area (Å²) in [5, 5.41) is 9.75. The summed E-state index contributed by atoms with van der Waals surface area (Å²) in [4.78, 5) is 36.1. The van der Waals surface area contributed by atoms with Gasteiger partial charge in [-0.25, -0.2) is 0 Å². The summed E-state index contributed by atoms with van der Waals surface area (Å²) in [6, 6.07) is 13.8. The van der Waals surface area contributed by atoms with Gasteiger partial charge in [-0.3, -0.25) is 14.4 Å². The predicted octanol–water partition coefficient (Wildman–Crippen LogP) is 2.74. The Kier molecular flexibility index (Phi) is 5.28. The fourth-order valence-corrected chi connectivity index (χ4v) is 2.87. The standard InChI is InChI=1S/C11H12N2O2.C10H6O2/c12-9(11(14)15)5-7-6-13-10-4-2-1-3-8(7)10;11-9-5-6-10(12)8-4-2-1-3-7(8)9/h1-4,6,9,13H,5,12H2,(H,14,15);1-6H. The number of carbonyl (C=O) groups is 3. The largest absolute Gasteiger partial charge is 0.480 e. The molecule has 1 aromatic heterocycles. The summed E-state index contributed by atoms with van der Waals surface area (Å²) in [7, 11) is 0. The number of aromatic amines is 1. The van der Waals surface area contributed by atoms with Crippen molar-refractivity contribution in [3.8, 4) is 0 Å². The third-order valence-corrected chi connectivity index (χ3v) is 4.28. The normalized spacial score (nSPS) is 13.7. The topological polar surface area (TPSA) is 113 Å². The van der Waals surface area contributed by atoms with E-state index < -0.39 is 12.0 Å². The molecule has 0 saturated carbocycles. The summed E-state index contributed by atoms with van der Waals surface area (Å²) in [5.41, 5.74) is 8.44. The van der Waals surface area contributed by atoms with Gasteiger partial charge < -0.3 is 15.8 Å². The van der Waals surface area contributed by atoms with E-state index in [0.29, 0.717) is 17.5 Å². The van der Waals surface area contributed by atoms with Crippen molar-refractivity contribution in [2.75, 3.05) is 0 Å². The maximum Gasteiger partial charge on any atom is 0.320 e. The number of hydrogen-bond donors (Lipinski definition) is 3. The summed E-state index contributed by atoms with van der Waals surface area (Å²) in [5.74, 6) is -1.16. The van der Waals surface area contributed by atoms with Gasteiger partial charge in [-0.15, -0.1) is 0 Å². The number of nitrogens with one attached hydrogen (secondary N) is 1. The van der Waals surface area contributed by atoms with Gasteiger partial charge in [-0.1, -0.05) is 42.5 Å². The molecule has 1 aliphatic carbocycles. The molecular formula is C21H18N2O4. The highest BCUT2D eigenvalue weighted by atomic mass is 16.4. The zero-order valence-corrected chi connectivity index (χ0v) is 14.4. The molecule has 0 aliphatic heterocycles. The average Bonchev–Trinajstić information content (AvgIpc) is 3.08. The lowest BCUT2D eigenvalue weighted by molar-refractivity contribution is -0.138. The number of benzene rings is 2. The SMILES string of the molecule is NC(Cc1c[nH]c2ccccc12)C(=O)O.O=C1C=CC(=O)c2ccccc21. The molecule has 6 nitrogen and oxygen atoms in total. The van der Waals surface area contributed by atoms with E-state index in [0.717, 1.165) is 16.5 Å². The number of nitrogens with two attached hydrogens (primary N) is 1. The number of aliphatic carboxylic acids is 1. The molecule has 4 N–H and O–H groups in total. The fraction of sp³-hybridized carbons (Fsp3) is 0.0952. The number of aromatic nitrogens is 1. The summed E-state index contributed by atoms with van der Waals surface area (Å²) in [6.07, 6.45) is 4.78. The molecule has 4 rings (SSSR count). The molecule has 0 bridgehead atoms. The zero-order chi connectivity index (χ0) is 19.4. The second kappa shape index (κ2) is 7.80. The minimum absolute atomic E-state index is 0.0924. The van der Waals surface area contributed by atoms with Crippen molar-refractivity contribution in [1.82, 2.24) is 4.98 Å². The second-order valence-electron chi connectivity index (χ2n) is 6.12. The Hall–Kier alpha value is -3.51. The minimum atomic E-state index is -0.972. The van der Waals surface area contributed by atoms with Crippen LogP contribution in [-0.2, 0) is 11.2 Å². The van der Waals surface area contributed by atoms with Gasteiger partial charge in [0.05, 0.1) is 0 Å². The molecule has 2 aromatic carbocycles. The van der Waals surface area contributed by atoms with Crippen LogP contribution in [-0.4, -0.2) is 33.7 Å². The van der Waals surface area contributed by atoms with Crippen molar-refractivity contribution in [3.63, 3.8) is 0 Å². The Balaban J connectivity index is 0.000000159. The molecule has 1 heterocycles. The second-order valence-corrected chi connectivity index (χ2v) is 6.12. The third kappa shape index (κ3) is 4.02. The van der Waals surface area contributed by atoms with Gasteiger partial charge in [0.25, 0.3) is 0 Å². The molecule has 1 atom stereocenters. The van der Waals surface area contributed by atoms with Crippen molar-refractivity contribution >= 4 is 28.4 Å². The summed E-state index contributed by atoms with van der Waals surface area (Å²) >= 11 is 0. The lowest BCUT2D eigenvalue weighted by atomic mass is 9.95. The molecule has 136 valence electrons. The third-order valence-electron chi connectivity index (χ3n) is 4.28. The predicted molar refractivity (Wildman–Crippen MR) is 102 cm³/mol. The van der Waals surface area contributed by atoms with Crippen LogP contribution in [0.25, 0.3) is 10.9 Å². The Bertz CT molecular complexity index is 1010. The number of ketones is 2. The first kappa shape index (κ1) is 18.3. The van der Waals surface area contributed by atoms with Crippen LogP contribution >= 0.6 is 0 Å². The van der Waals surface area contributed by atoms with Crippen LogP contribution in [0, 0.1) is 0 Å². The number of H-pyrrole nitrogens is 1. The van der Waals surface area contributed by atoms with Crippen molar-refractivity contribution in [3.05, 3.63) is 83.6 Å². The van der Waals surface area contributed by atoms with Gasteiger partial charge in [0, 0.05) is 34.6 Å². The first-order valence-electron chi connectivity index (χ1n) is 8.36. The highest BCUT2D eigenvalue weighted by molar-refractivity contribution is 6.21. The smallest absolute Gasteiger partial charge is 0.320 e. The molecule has 0 fully saturated rings. The van der Waals surface area contributed by atoms with Crippen LogP contribution in [0.1, 0.15) is 26.3 Å². The number of carboxylic acids is 1. The lowest BCUT2D eigenvalue weighted by Crippen LogP contribution is -2.32. The van der Waals surface area contributed by atoms with Crippen molar-refractivity contribution in [2.45, 2.75) is 12.5 Å². The van der Waals surface area contributed by atoms with Gasteiger partial charge in [0.15, 0.2) is 11.6 Å². The van der Waals surface area contributed by atoms with Crippen molar-refractivity contribution < 1.29 is 19.5 Å². The highest BCUT2D eigenvalue weighted by Gasteiger charge is 2.17. The van der Waals surface area contributed by atoms with Gasteiger partial charge in [-0.05, 0) is 23.8 Å². The molecule has 1 aliphatic rings. The first-order chi connectivity index (χ1) is 13.0. The number of para-hydroxylation sites is 1. The van der Waals surface area contributed by atoms with E-state index in [4.69, 9.17) is 10.8 Å². The molecule has 0 radical (unpaired) electrons. The Morgan fingerprint density at radius 1 is 0.963 bits per heavy atom. The van der Waals surface area contributed by atoms with Gasteiger partial charge in [0.1, 0.15) is 6.04 Å².